The van der Waals surface area contributed by atoms with Crippen molar-refractivity contribution in [3.8, 4) is 10.9 Å². The van der Waals surface area contributed by atoms with Gasteiger partial charge < -0.3 is 14.4 Å². The van der Waals surface area contributed by atoms with Crippen molar-refractivity contribution in [1.29, 1.82) is 0 Å². The van der Waals surface area contributed by atoms with Crippen molar-refractivity contribution >= 4 is 27.5 Å². The molecule has 3 aromatic rings. The number of likely N-dealkylation sites (tertiary alicyclic amines) is 1. The molecule has 0 saturated carbocycles. The van der Waals surface area contributed by atoms with Gasteiger partial charge in [-0.25, -0.2) is 4.98 Å². The Hall–Kier alpha value is -2.60. The predicted molar refractivity (Wildman–Crippen MR) is 107 cm³/mol. The van der Waals surface area contributed by atoms with Gasteiger partial charge in [0.1, 0.15) is 11.9 Å². The molecule has 5 nitrogen and oxygen atoms in total. The van der Waals surface area contributed by atoms with Gasteiger partial charge in [0, 0.05) is 37.6 Å². The maximum absolute atomic E-state index is 12.7. The summed E-state index contributed by atoms with van der Waals surface area (Å²) in [6.07, 6.45) is 1.72. The van der Waals surface area contributed by atoms with E-state index in [1.54, 1.807) is 18.4 Å². The number of thiazole rings is 1. The van der Waals surface area contributed by atoms with Gasteiger partial charge in [-0.3, -0.25) is 4.79 Å². The van der Waals surface area contributed by atoms with Crippen molar-refractivity contribution in [1.82, 2.24) is 9.88 Å². The van der Waals surface area contributed by atoms with Crippen LogP contribution in [0.5, 0.6) is 10.9 Å². The maximum atomic E-state index is 12.7. The fourth-order valence-corrected chi connectivity index (χ4v) is 4.23. The van der Waals surface area contributed by atoms with Gasteiger partial charge in [-0.2, -0.15) is 0 Å². The lowest BCUT2D eigenvalue weighted by Gasteiger charge is -2.32. The lowest BCUT2D eigenvalue weighted by Crippen LogP contribution is -2.42. The van der Waals surface area contributed by atoms with Crippen molar-refractivity contribution in [2.24, 2.45) is 0 Å². The largest absolute Gasteiger partial charge is 0.497 e. The average Bonchev–Trinajstić information content (AvgIpc) is 3.09. The van der Waals surface area contributed by atoms with Crippen LogP contribution >= 0.6 is 11.3 Å². The number of hydrogen-bond donors (Lipinski definition) is 0. The Kier molecular flexibility index (Phi) is 4.99. The lowest BCUT2D eigenvalue weighted by atomic mass is 10.0. The van der Waals surface area contributed by atoms with Crippen LogP contribution in [0.3, 0.4) is 0 Å². The number of ether oxygens (including phenoxy) is 2. The van der Waals surface area contributed by atoms with E-state index < -0.39 is 0 Å². The zero-order valence-electron chi connectivity index (χ0n) is 15.5. The second-order valence-electron chi connectivity index (χ2n) is 6.74. The molecule has 0 aliphatic carbocycles. The second-order valence-corrected chi connectivity index (χ2v) is 7.73. The zero-order chi connectivity index (χ0) is 18.8. The highest BCUT2D eigenvalue weighted by Gasteiger charge is 2.26. The number of rotatable bonds is 4. The van der Waals surface area contributed by atoms with Gasteiger partial charge in [0.15, 0.2) is 0 Å². The van der Waals surface area contributed by atoms with E-state index in [2.05, 4.69) is 4.98 Å². The first kappa shape index (κ1) is 17.8. The van der Waals surface area contributed by atoms with Gasteiger partial charge in [0.2, 0.25) is 0 Å². The van der Waals surface area contributed by atoms with Crippen molar-refractivity contribution < 1.29 is 14.3 Å². The molecule has 1 amide bonds. The van der Waals surface area contributed by atoms with Crippen LogP contribution in [-0.4, -0.2) is 42.1 Å². The molecule has 0 spiro atoms. The quantitative estimate of drug-likeness (QED) is 0.675. The first-order valence-electron chi connectivity index (χ1n) is 9.10. The summed E-state index contributed by atoms with van der Waals surface area (Å²) in [5.41, 5.74) is 2.70. The number of fused-ring (bicyclic) bond motifs is 1. The van der Waals surface area contributed by atoms with Gasteiger partial charge in [-0.15, -0.1) is 0 Å². The van der Waals surface area contributed by atoms with E-state index in [0.29, 0.717) is 18.3 Å². The summed E-state index contributed by atoms with van der Waals surface area (Å²) < 4.78 is 12.4. The topological polar surface area (TPSA) is 51.7 Å². The molecule has 4 rings (SSSR count). The van der Waals surface area contributed by atoms with Gasteiger partial charge in [0.25, 0.3) is 11.1 Å². The van der Waals surface area contributed by atoms with Crippen LogP contribution in [0.25, 0.3) is 10.2 Å². The van der Waals surface area contributed by atoms with Crippen LogP contribution in [0.15, 0.2) is 42.5 Å². The minimum Gasteiger partial charge on any atom is -0.497 e. The maximum Gasteiger partial charge on any atom is 0.274 e. The highest BCUT2D eigenvalue weighted by atomic mass is 32.1. The zero-order valence-corrected chi connectivity index (χ0v) is 16.3. The third-order valence-electron chi connectivity index (χ3n) is 4.95. The molecule has 1 aromatic heterocycles. The number of piperidine rings is 1. The molecule has 1 saturated heterocycles. The fourth-order valence-electron chi connectivity index (χ4n) is 3.37. The minimum absolute atomic E-state index is 0.0911. The van der Waals surface area contributed by atoms with E-state index >= 15 is 0 Å². The molecule has 0 atom stereocenters. The SMILES string of the molecule is COc1ccc2sc(OC3CCN(C(=O)c4ccccc4C)CC3)nc2c1. The van der Waals surface area contributed by atoms with Crippen LogP contribution < -0.4 is 9.47 Å². The summed E-state index contributed by atoms with van der Waals surface area (Å²) in [5, 5.41) is 0.682. The molecule has 0 unspecified atom stereocenters. The second kappa shape index (κ2) is 7.56. The van der Waals surface area contributed by atoms with Gasteiger partial charge >= 0.3 is 0 Å². The van der Waals surface area contributed by atoms with E-state index in [1.807, 2.05) is 54.3 Å². The summed E-state index contributed by atoms with van der Waals surface area (Å²) >= 11 is 1.55. The number of aromatic nitrogens is 1. The molecule has 1 aliphatic rings. The smallest absolute Gasteiger partial charge is 0.274 e. The highest BCUT2D eigenvalue weighted by molar-refractivity contribution is 7.20. The first-order chi connectivity index (χ1) is 13.1. The Morgan fingerprint density at radius 2 is 1.96 bits per heavy atom. The number of amides is 1. The summed E-state index contributed by atoms with van der Waals surface area (Å²) in [5.74, 6) is 0.904. The van der Waals surface area contributed by atoms with Crippen molar-refractivity contribution in [2.75, 3.05) is 20.2 Å². The van der Waals surface area contributed by atoms with Gasteiger partial charge in [-0.05, 0) is 30.7 Å². The molecule has 0 N–H and O–H groups in total. The highest BCUT2D eigenvalue weighted by Crippen LogP contribution is 2.32. The van der Waals surface area contributed by atoms with Crippen molar-refractivity contribution in [3.05, 3.63) is 53.6 Å². The number of carbonyl (C=O) groups excluding carboxylic acids is 1. The molecular formula is C21H22N2O3S. The summed E-state index contributed by atoms with van der Waals surface area (Å²) in [4.78, 5) is 19.2. The number of hydrogen-bond acceptors (Lipinski definition) is 5. The van der Waals surface area contributed by atoms with Crippen LogP contribution in [-0.2, 0) is 0 Å². The van der Waals surface area contributed by atoms with E-state index in [-0.39, 0.29) is 12.0 Å². The molecule has 6 heteroatoms. The van der Waals surface area contributed by atoms with Crippen LogP contribution in [0, 0.1) is 6.92 Å². The molecule has 0 bridgehead atoms. The molecule has 140 valence electrons. The predicted octanol–water partition coefficient (Wildman–Crippen LogP) is 4.30. The summed E-state index contributed by atoms with van der Waals surface area (Å²) in [7, 11) is 1.65. The number of methoxy groups -OCH3 is 1. The van der Waals surface area contributed by atoms with Crippen molar-refractivity contribution in [3.63, 3.8) is 0 Å². The molecule has 2 aromatic carbocycles. The van der Waals surface area contributed by atoms with E-state index in [1.165, 1.54) is 0 Å². The Morgan fingerprint density at radius 1 is 1.19 bits per heavy atom. The molecule has 2 heterocycles. The van der Waals surface area contributed by atoms with Crippen LogP contribution in [0.4, 0.5) is 0 Å². The number of carbonyl (C=O) groups is 1. The molecular weight excluding hydrogens is 360 g/mol. The fraction of sp³-hybridized carbons (Fsp3) is 0.333. The van der Waals surface area contributed by atoms with E-state index in [4.69, 9.17) is 9.47 Å². The third-order valence-corrected chi connectivity index (χ3v) is 5.87. The Labute approximate surface area is 162 Å². The van der Waals surface area contributed by atoms with Crippen LogP contribution in [0.2, 0.25) is 0 Å². The molecule has 1 aliphatic heterocycles. The minimum atomic E-state index is 0.0911. The molecule has 0 radical (unpaired) electrons. The van der Waals surface area contributed by atoms with Crippen LogP contribution in [0.1, 0.15) is 28.8 Å². The number of nitrogens with zero attached hydrogens (tertiary/aromatic N) is 2. The lowest BCUT2D eigenvalue weighted by molar-refractivity contribution is 0.0595. The van der Waals surface area contributed by atoms with Gasteiger partial charge in [-0.1, -0.05) is 29.5 Å². The number of aryl methyl sites for hydroxylation is 1. The Balaban J connectivity index is 1.38. The van der Waals surface area contributed by atoms with Crippen molar-refractivity contribution in [2.45, 2.75) is 25.9 Å². The summed E-state index contributed by atoms with van der Waals surface area (Å²) in [6.45, 7) is 3.39. The normalized spacial score (nSPS) is 15.1. The molecule has 27 heavy (non-hydrogen) atoms. The first-order valence-corrected chi connectivity index (χ1v) is 9.92. The Morgan fingerprint density at radius 3 is 2.70 bits per heavy atom. The number of benzene rings is 2. The van der Waals surface area contributed by atoms with E-state index in [9.17, 15) is 4.79 Å². The molecule has 1 fully saturated rings. The third kappa shape index (κ3) is 3.76. The Bertz CT molecular complexity index is 961. The summed E-state index contributed by atoms with van der Waals surface area (Å²) in [6, 6.07) is 13.6. The van der Waals surface area contributed by atoms with Gasteiger partial charge in [0.05, 0.1) is 17.3 Å². The monoisotopic (exact) mass is 382 g/mol. The average molecular weight is 382 g/mol. The van der Waals surface area contributed by atoms with E-state index in [0.717, 1.165) is 39.9 Å². The standard InChI is InChI=1S/C21H22N2O3S/c1-14-5-3-4-6-17(14)20(24)23-11-9-15(10-12-23)26-21-22-18-13-16(25-2)7-8-19(18)27-21/h3-8,13,15H,9-12H2,1-2H3.